The SMILES string of the molecule is C=CC(=O)OCCCCCC/C=C/C. The molecule has 0 aromatic heterocycles. The summed E-state index contributed by atoms with van der Waals surface area (Å²) in [5.74, 6) is -0.320. The first-order chi connectivity index (χ1) is 6.81. The first-order valence-electron chi connectivity index (χ1n) is 5.21. The zero-order chi connectivity index (χ0) is 10.6. The lowest BCUT2D eigenvalue weighted by Gasteiger charge is -2.01. The summed E-state index contributed by atoms with van der Waals surface area (Å²) >= 11 is 0. The molecular formula is C12H20O2. The minimum Gasteiger partial charge on any atom is -0.463 e. The van der Waals surface area contributed by atoms with E-state index in [1.54, 1.807) is 0 Å². The number of rotatable bonds is 8. The fourth-order valence-corrected chi connectivity index (χ4v) is 1.12. The zero-order valence-corrected chi connectivity index (χ0v) is 9.00. The molecule has 0 aliphatic carbocycles. The van der Waals surface area contributed by atoms with Crippen molar-refractivity contribution in [2.75, 3.05) is 6.61 Å². The molecule has 0 radical (unpaired) electrons. The molecule has 0 bridgehead atoms. The Hall–Kier alpha value is -1.05. The normalized spacial score (nSPS) is 10.4. The smallest absolute Gasteiger partial charge is 0.330 e. The summed E-state index contributed by atoms with van der Waals surface area (Å²) in [5, 5.41) is 0. The Morgan fingerprint density at radius 2 is 2.00 bits per heavy atom. The molecule has 0 amide bonds. The van der Waals surface area contributed by atoms with Crippen LogP contribution in [-0.2, 0) is 9.53 Å². The highest BCUT2D eigenvalue weighted by molar-refractivity contribution is 5.81. The van der Waals surface area contributed by atoms with Gasteiger partial charge in [-0.25, -0.2) is 4.79 Å². The van der Waals surface area contributed by atoms with E-state index in [9.17, 15) is 4.79 Å². The fraction of sp³-hybridized carbons (Fsp3) is 0.583. The summed E-state index contributed by atoms with van der Waals surface area (Å²) in [7, 11) is 0. The third-order valence-electron chi connectivity index (χ3n) is 1.91. The van der Waals surface area contributed by atoms with Crippen molar-refractivity contribution < 1.29 is 9.53 Å². The Balaban J connectivity index is 3.06. The Kier molecular flexibility index (Phi) is 9.28. The summed E-state index contributed by atoms with van der Waals surface area (Å²) in [6.45, 7) is 5.89. The average molecular weight is 196 g/mol. The molecule has 0 aliphatic heterocycles. The van der Waals surface area contributed by atoms with Crippen molar-refractivity contribution in [1.29, 1.82) is 0 Å². The fourth-order valence-electron chi connectivity index (χ4n) is 1.12. The summed E-state index contributed by atoms with van der Waals surface area (Å²) in [4.78, 5) is 10.6. The van der Waals surface area contributed by atoms with Crippen LogP contribution in [-0.4, -0.2) is 12.6 Å². The van der Waals surface area contributed by atoms with Crippen LogP contribution in [0.3, 0.4) is 0 Å². The van der Waals surface area contributed by atoms with Gasteiger partial charge < -0.3 is 4.74 Å². The largest absolute Gasteiger partial charge is 0.463 e. The first kappa shape index (κ1) is 12.9. The summed E-state index contributed by atoms with van der Waals surface area (Å²) in [5.41, 5.74) is 0. The molecule has 0 aromatic carbocycles. The summed E-state index contributed by atoms with van der Waals surface area (Å²) < 4.78 is 4.85. The predicted molar refractivity (Wildman–Crippen MR) is 59.1 cm³/mol. The monoisotopic (exact) mass is 196 g/mol. The average Bonchev–Trinajstić information content (AvgIpc) is 2.21. The quantitative estimate of drug-likeness (QED) is 0.258. The molecule has 2 heteroatoms. The number of hydrogen-bond acceptors (Lipinski definition) is 2. The van der Waals surface area contributed by atoms with Crippen LogP contribution in [0.25, 0.3) is 0 Å². The standard InChI is InChI=1S/C12H20O2/c1-3-5-6-7-8-9-10-11-14-12(13)4-2/h3-5H,2,6-11H2,1H3/b5-3+. The Morgan fingerprint density at radius 3 is 2.64 bits per heavy atom. The molecule has 0 spiro atoms. The van der Waals surface area contributed by atoms with Gasteiger partial charge in [0.15, 0.2) is 0 Å². The molecule has 0 rings (SSSR count). The van der Waals surface area contributed by atoms with E-state index in [2.05, 4.69) is 18.7 Å². The molecule has 0 heterocycles. The van der Waals surface area contributed by atoms with Gasteiger partial charge in [0.2, 0.25) is 0 Å². The van der Waals surface area contributed by atoms with Crippen molar-refractivity contribution >= 4 is 5.97 Å². The summed E-state index contributed by atoms with van der Waals surface area (Å²) in [6, 6.07) is 0. The second-order valence-electron chi connectivity index (χ2n) is 3.14. The zero-order valence-electron chi connectivity index (χ0n) is 9.00. The Morgan fingerprint density at radius 1 is 1.29 bits per heavy atom. The number of ether oxygens (including phenoxy) is 1. The lowest BCUT2D eigenvalue weighted by molar-refractivity contribution is -0.137. The van der Waals surface area contributed by atoms with Crippen LogP contribution in [0.5, 0.6) is 0 Å². The van der Waals surface area contributed by atoms with Crippen LogP contribution in [0.1, 0.15) is 39.0 Å². The maximum Gasteiger partial charge on any atom is 0.330 e. The molecule has 0 aromatic rings. The van der Waals surface area contributed by atoms with Gasteiger partial charge in [0, 0.05) is 6.08 Å². The van der Waals surface area contributed by atoms with E-state index < -0.39 is 0 Å². The molecule has 2 nitrogen and oxygen atoms in total. The third-order valence-corrected chi connectivity index (χ3v) is 1.91. The number of carbonyl (C=O) groups excluding carboxylic acids is 1. The molecule has 0 atom stereocenters. The molecule has 0 N–H and O–H groups in total. The van der Waals surface area contributed by atoms with E-state index in [1.807, 2.05) is 6.92 Å². The highest BCUT2D eigenvalue weighted by Crippen LogP contribution is 2.03. The van der Waals surface area contributed by atoms with Crippen molar-refractivity contribution in [2.45, 2.75) is 39.0 Å². The molecular weight excluding hydrogens is 176 g/mol. The van der Waals surface area contributed by atoms with Crippen LogP contribution in [0, 0.1) is 0 Å². The van der Waals surface area contributed by atoms with E-state index in [0.717, 1.165) is 19.3 Å². The lowest BCUT2D eigenvalue weighted by atomic mass is 10.1. The van der Waals surface area contributed by atoms with Crippen LogP contribution in [0.2, 0.25) is 0 Å². The minimum absolute atomic E-state index is 0.320. The van der Waals surface area contributed by atoms with Gasteiger partial charge in [-0.3, -0.25) is 0 Å². The van der Waals surface area contributed by atoms with Crippen LogP contribution in [0.15, 0.2) is 24.8 Å². The third kappa shape index (κ3) is 9.04. The van der Waals surface area contributed by atoms with Gasteiger partial charge in [-0.1, -0.05) is 31.6 Å². The molecule has 80 valence electrons. The molecule has 14 heavy (non-hydrogen) atoms. The molecule has 0 saturated carbocycles. The van der Waals surface area contributed by atoms with Crippen molar-refractivity contribution in [3.8, 4) is 0 Å². The van der Waals surface area contributed by atoms with Crippen molar-refractivity contribution in [1.82, 2.24) is 0 Å². The number of esters is 1. The van der Waals surface area contributed by atoms with Crippen molar-refractivity contribution in [3.05, 3.63) is 24.8 Å². The maximum atomic E-state index is 10.6. The van der Waals surface area contributed by atoms with E-state index >= 15 is 0 Å². The maximum absolute atomic E-state index is 10.6. The number of allylic oxidation sites excluding steroid dienone is 2. The topological polar surface area (TPSA) is 26.3 Å². The Bertz CT molecular complexity index is 183. The van der Waals surface area contributed by atoms with Gasteiger partial charge in [0.05, 0.1) is 6.61 Å². The molecule has 0 fully saturated rings. The van der Waals surface area contributed by atoms with Gasteiger partial charge in [-0.2, -0.15) is 0 Å². The highest BCUT2D eigenvalue weighted by atomic mass is 16.5. The molecule has 0 saturated heterocycles. The van der Waals surface area contributed by atoms with Crippen LogP contribution in [0.4, 0.5) is 0 Å². The number of unbranched alkanes of at least 4 members (excludes halogenated alkanes) is 4. The lowest BCUT2D eigenvalue weighted by Crippen LogP contribution is -2.01. The predicted octanol–water partition coefficient (Wildman–Crippen LogP) is 3.24. The van der Waals surface area contributed by atoms with Crippen LogP contribution >= 0.6 is 0 Å². The van der Waals surface area contributed by atoms with Crippen molar-refractivity contribution in [2.24, 2.45) is 0 Å². The van der Waals surface area contributed by atoms with Crippen LogP contribution < -0.4 is 0 Å². The molecule has 0 unspecified atom stereocenters. The van der Waals surface area contributed by atoms with E-state index in [1.165, 1.54) is 18.9 Å². The van der Waals surface area contributed by atoms with Gasteiger partial charge in [-0.05, 0) is 26.2 Å². The van der Waals surface area contributed by atoms with E-state index in [4.69, 9.17) is 4.74 Å². The van der Waals surface area contributed by atoms with Gasteiger partial charge in [0.25, 0.3) is 0 Å². The first-order valence-corrected chi connectivity index (χ1v) is 5.21. The highest BCUT2D eigenvalue weighted by Gasteiger charge is 1.94. The number of hydrogen-bond donors (Lipinski definition) is 0. The van der Waals surface area contributed by atoms with E-state index in [-0.39, 0.29) is 5.97 Å². The van der Waals surface area contributed by atoms with Crippen molar-refractivity contribution in [3.63, 3.8) is 0 Å². The minimum atomic E-state index is -0.320. The summed E-state index contributed by atoms with van der Waals surface area (Å²) in [6.07, 6.45) is 11.1. The van der Waals surface area contributed by atoms with Gasteiger partial charge >= 0.3 is 5.97 Å². The second kappa shape index (κ2) is 10.0. The van der Waals surface area contributed by atoms with Gasteiger partial charge in [-0.15, -0.1) is 0 Å². The second-order valence-corrected chi connectivity index (χ2v) is 3.14. The van der Waals surface area contributed by atoms with Gasteiger partial charge in [0.1, 0.15) is 0 Å². The Labute approximate surface area is 86.6 Å². The molecule has 0 aliphatic rings. The number of carbonyl (C=O) groups is 1. The van der Waals surface area contributed by atoms with E-state index in [0.29, 0.717) is 6.61 Å².